The number of amides is 1. The number of carbonyl (C=O) groups excluding carboxylic acids is 2. The van der Waals surface area contributed by atoms with E-state index in [4.69, 9.17) is 0 Å². The summed E-state index contributed by atoms with van der Waals surface area (Å²) in [6, 6.07) is 21.5. The molecule has 1 aromatic heterocycles. The summed E-state index contributed by atoms with van der Waals surface area (Å²) in [5, 5.41) is 7.04. The standard InChI is InChI=1S/C25H22N4O4S/c1-18(30)20-10-12-24(13-11-20)34(32,33)27-17-19-6-8-21(9-7-19)25(31)28-22-4-2-5-23(16-22)29-15-3-14-26-29/h2-16,27H,17H2,1H3,(H,28,31). The van der Waals surface area contributed by atoms with Gasteiger partial charge in [0.25, 0.3) is 5.91 Å². The SMILES string of the molecule is CC(=O)c1ccc(S(=O)(=O)NCc2ccc(C(=O)Nc3cccc(-n4cccn4)c3)cc2)cc1. The molecule has 8 nitrogen and oxygen atoms in total. The Hall–Kier alpha value is -4.08. The molecule has 1 heterocycles. The number of hydrogen-bond acceptors (Lipinski definition) is 5. The fourth-order valence-corrected chi connectivity index (χ4v) is 4.27. The third-order valence-electron chi connectivity index (χ3n) is 5.13. The summed E-state index contributed by atoms with van der Waals surface area (Å²) in [7, 11) is -3.74. The number of benzene rings is 3. The van der Waals surface area contributed by atoms with Crippen molar-refractivity contribution >= 4 is 27.4 Å². The van der Waals surface area contributed by atoms with Crippen molar-refractivity contribution in [3.05, 3.63) is 108 Å². The van der Waals surface area contributed by atoms with Gasteiger partial charge in [-0.15, -0.1) is 0 Å². The molecule has 0 atom stereocenters. The van der Waals surface area contributed by atoms with Crippen molar-refractivity contribution in [3.8, 4) is 5.69 Å². The van der Waals surface area contributed by atoms with Crippen LogP contribution in [-0.4, -0.2) is 29.9 Å². The van der Waals surface area contributed by atoms with E-state index < -0.39 is 10.0 Å². The van der Waals surface area contributed by atoms with Crippen LogP contribution in [0.2, 0.25) is 0 Å². The number of anilines is 1. The van der Waals surface area contributed by atoms with E-state index in [1.807, 2.05) is 30.5 Å². The second kappa shape index (κ2) is 9.82. The third-order valence-corrected chi connectivity index (χ3v) is 6.54. The van der Waals surface area contributed by atoms with Gasteiger partial charge in [0, 0.05) is 35.8 Å². The smallest absolute Gasteiger partial charge is 0.255 e. The Morgan fingerprint density at radius 1 is 0.912 bits per heavy atom. The van der Waals surface area contributed by atoms with Gasteiger partial charge < -0.3 is 5.32 Å². The van der Waals surface area contributed by atoms with E-state index in [0.717, 1.165) is 5.69 Å². The number of nitrogens with one attached hydrogen (secondary N) is 2. The maximum atomic E-state index is 12.6. The zero-order valence-corrected chi connectivity index (χ0v) is 19.1. The van der Waals surface area contributed by atoms with Gasteiger partial charge >= 0.3 is 0 Å². The molecule has 0 fully saturated rings. The molecule has 0 aliphatic heterocycles. The summed E-state index contributed by atoms with van der Waals surface area (Å²) in [6.07, 6.45) is 3.49. The maximum Gasteiger partial charge on any atom is 0.255 e. The fraction of sp³-hybridized carbons (Fsp3) is 0.0800. The molecule has 0 aliphatic rings. The molecule has 0 saturated carbocycles. The highest BCUT2D eigenvalue weighted by Crippen LogP contribution is 2.16. The fourth-order valence-electron chi connectivity index (χ4n) is 3.26. The molecule has 2 N–H and O–H groups in total. The summed E-state index contributed by atoms with van der Waals surface area (Å²) in [4.78, 5) is 24.1. The van der Waals surface area contributed by atoms with Crippen LogP contribution in [0.4, 0.5) is 5.69 Å². The molecule has 0 aliphatic carbocycles. The van der Waals surface area contributed by atoms with E-state index in [0.29, 0.717) is 22.4 Å². The number of carbonyl (C=O) groups is 2. The molecule has 0 saturated heterocycles. The van der Waals surface area contributed by atoms with E-state index in [1.165, 1.54) is 31.2 Å². The maximum absolute atomic E-state index is 12.6. The monoisotopic (exact) mass is 474 g/mol. The molecular formula is C25H22N4O4S. The van der Waals surface area contributed by atoms with Crippen molar-refractivity contribution in [1.82, 2.24) is 14.5 Å². The van der Waals surface area contributed by atoms with E-state index in [2.05, 4.69) is 15.1 Å². The summed E-state index contributed by atoms with van der Waals surface area (Å²) < 4.78 is 29.2. The molecular weight excluding hydrogens is 452 g/mol. The van der Waals surface area contributed by atoms with Crippen LogP contribution in [0.3, 0.4) is 0 Å². The molecule has 9 heteroatoms. The molecule has 3 aromatic carbocycles. The zero-order valence-electron chi connectivity index (χ0n) is 18.3. The molecule has 172 valence electrons. The normalized spacial score (nSPS) is 11.2. The van der Waals surface area contributed by atoms with Gasteiger partial charge in [-0.1, -0.05) is 30.3 Å². The number of aromatic nitrogens is 2. The van der Waals surface area contributed by atoms with Crippen molar-refractivity contribution in [2.45, 2.75) is 18.4 Å². The van der Waals surface area contributed by atoms with E-state index in [1.54, 1.807) is 41.2 Å². The molecule has 0 radical (unpaired) electrons. The Balaban J connectivity index is 1.38. The minimum absolute atomic E-state index is 0.0601. The lowest BCUT2D eigenvalue weighted by molar-refractivity contribution is 0.101. The average molecular weight is 475 g/mol. The van der Waals surface area contributed by atoms with Crippen molar-refractivity contribution in [2.75, 3.05) is 5.32 Å². The summed E-state index contributed by atoms with van der Waals surface area (Å²) in [5.74, 6) is -0.415. The van der Waals surface area contributed by atoms with E-state index in [9.17, 15) is 18.0 Å². The molecule has 1 amide bonds. The zero-order chi connectivity index (χ0) is 24.1. The quantitative estimate of drug-likeness (QED) is 0.378. The first-order chi connectivity index (χ1) is 16.3. The van der Waals surface area contributed by atoms with Crippen molar-refractivity contribution in [3.63, 3.8) is 0 Å². The Morgan fingerprint density at radius 3 is 2.26 bits per heavy atom. The first-order valence-electron chi connectivity index (χ1n) is 10.4. The highest BCUT2D eigenvalue weighted by molar-refractivity contribution is 7.89. The molecule has 4 rings (SSSR count). The van der Waals surface area contributed by atoms with Crippen LogP contribution in [0.1, 0.15) is 33.2 Å². The largest absolute Gasteiger partial charge is 0.322 e. The Morgan fingerprint density at radius 2 is 1.62 bits per heavy atom. The lowest BCUT2D eigenvalue weighted by atomic mass is 10.1. The van der Waals surface area contributed by atoms with Crippen molar-refractivity contribution in [1.29, 1.82) is 0 Å². The lowest BCUT2D eigenvalue weighted by Crippen LogP contribution is -2.23. The second-order valence-corrected chi connectivity index (χ2v) is 9.32. The Kier molecular flexibility index (Phi) is 6.67. The topological polar surface area (TPSA) is 110 Å². The minimum Gasteiger partial charge on any atom is -0.322 e. The van der Waals surface area contributed by atoms with Crippen LogP contribution < -0.4 is 10.0 Å². The van der Waals surface area contributed by atoms with Crippen LogP contribution in [0, 0.1) is 0 Å². The third kappa shape index (κ3) is 5.45. The molecule has 4 aromatic rings. The number of sulfonamides is 1. The predicted molar refractivity (Wildman–Crippen MR) is 128 cm³/mol. The van der Waals surface area contributed by atoms with Gasteiger partial charge in [0.1, 0.15) is 0 Å². The molecule has 0 spiro atoms. The Labute approximate surface area is 197 Å². The number of nitrogens with zero attached hydrogens (tertiary/aromatic N) is 2. The van der Waals surface area contributed by atoms with Crippen LogP contribution in [-0.2, 0) is 16.6 Å². The van der Waals surface area contributed by atoms with Crippen molar-refractivity contribution in [2.24, 2.45) is 0 Å². The minimum atomic E-state index is -3.74. The summed E-state index contributed by atoms with van der Waals surface area (Å²) >= 11 is 0. The predicted octanol–water partition coefficient (Wildman–Crippen LogP) is 3.81. The van der Waals surface area contributed by atoms with Gasteiger partial charge in [-0.25, -0.2) is 17.8 Å². The van der Waals surface area contributed by atoms with Gasteiger partial charge in [-0.2, -0.15) is 5.10 Å². The number of Topliss-reactive ketones (excluding diaryl/α,β-unsaturated/α-hetero) is 1. The van der Waals surface area contributed by atoms with E-state index in [-0.39, 0.29) is 23.1 Å². The number of rotatable bonds is 8. The molecule has 0 bridgehead atoms. The average Bonchev–Trinajstić information content (AvgIpc) is 3.38. The number of hydrogen-bond donors (Lipinski definition) is 2. The van der Waals surface area contributed by atoms with Gasteiger partial charge in [0.15, 0.2) is 5.78 Å². The highest BCUT2D eigenvalue weighted by atomic mass is 32.2. The summed E-state index contributed by atoms with van der Waals surface area (Å²) in [6.45, 7) is 1.48. The van der Waals surface area contributed by atoms with Gasteiger partial charge in [0.05, 0.1) is 10.6 Å². The van der Waals surface area contributed by atoms with Crippen LogP contribution in [0.15, 0.2) is 96.2 Å². The van der Waals surface area contributed by atoms with Gasteiger partial charge in [-0.3, -0.25) is 9.59 Å². The van der Waals surface area contributed by atoms with Crippen molar-refractivity contribution < 1.29 is 18.0 Å². The van der Waals surface area contributed by atoms with Gasteiger partial charge in [0.2, 0.25) is 10.0 Å². The van der Waals surface area contributed by atoms with Crippen LogP contribution in [0.5, 0.6) is 0 Å². The molecule has 0 unspecified atom stereocenters. The first-order valence-corrected chi connectivity index (χ1v) is 11.9. The van der Waals surface area contributed by atoms with E-state index >= 15 is 0 Å². The summed E-state index contributed by atoms with van der Waals surface area (Å²) in [5.41, 5.74) is 3.03. The lowest BCUT2D eigenvalue weighted by Gasteiger charge is -2.09. The van der Waals surface area contributed by atoms with Crippen LogP contribution >= 0.6 is 0 Å². The molecule has 34 heavy (non-hydrogen) atoms. The second-order valence-electron chi connectivity index (χ2n) is 7.56. The Bertz CT molecular complexity index is 1410. The first kappa shape index (κ1) is 23.1. The number of ketones is 1. The van der Waals surface area contributed by atoms with Gasteiger partial charge in [-0.05, 0) is 61.0 Å². The highest BCUT2D eigenvalue weighted by Gasteiger charge is 2.14. The van der Waals surface area contributed by atoms with Crippen LogP contribution in [0.25, 0.3) is 5.69 Å².